The number of amides is 1. The lowest BCUT2D eigenvalue weighted by molar-refractivity contribution is -0.116. The van der Waals surface area contributed by atoms with Gasteiger partial charge in [0.1, 0.15) is 6.04 Å². The van der Waals surface area contributed by atoms with Gasteiger partial charge in [-0.1, -0.05) is 46.9 Å². The third kappa shape index (κ3) is 5.29. The van der Waals surface area contributed by atoms with E-state index in [1.54, 1.807) is 30.3 Å². The number of carbonyl (C=O) groups excluding carboxylic acids is 1. The molecule has 2 rings (SSSR count). The fourth-order valence-corrected chi connectivity index (χ4v) is 4.85. The number of anilines is 2. The highest BCUT2D eigenvalue weighted by Crippen LogP contribution is 2.26. The molecule has 1 aromatic heterocycles. The molecule has 0 radical (unpaired) electrons. The lowest BCUT2D eigenvalue weighted by Crippen LogP contribution is -2.45. The van der Waals surface area contributed by atoms with Crippen LogP contribution in [0.4, 0.5) is 10.8 Å². The van der Waals surface area contributed by atoms with Crippen molar-refractivity contribution < 1.29 is 13.2 Å². The minimum atomic E-state index is -3.65. The number of carbonyl (C=O) groups is 1. The van der Waals surface area contributed by atoms with Crippen LogP contribution in [0.2, 0.25) is 0 Å². The Morgan fingerprint density at radius 3 is 2.62 bits per heavy atom. The molecular formula is C16H20N4O3S3. The van der Waals surface area contributed by atoms with Crippen molar-refractivity contribution in [2.45, 2.75) is 24.2 Å². The summed E-state index contributed by atoms with van der Waals surface area (Å²) >= 11 is 2.68. The molecule has 0 saturated heterocycles. The summed E-state index contributed by atoms with van der Waals surface area (Å²) in [6.07, 6.45) is 2.82. The predicted molar refractivity (Wildman–Crippen MR) is 107 cm³/mol. The van der Waals surface area contributed by atoms with E-state index in [9.17, 15) is 13.2 Å². The zero-order chi connectivity index (χ0) is 19.3. The number of aryl methyl sites for hydroxylation is 1. The van der Waals surface area contributed by atoms with Crippen molar-refractivity contribution in [2.24, 2.45) is 0 Å². The van der Waals surface area contributed by atoms with E-state index in [4.69, 9.17) is 0 Å². The molecule has 0 spiro atoms. The van der Waals surface area contributed by atoms with Crippen molar-refractivity contribution in [2.75, 3.05) is 21.6 Å². The van der Waals surface area contributed by atoms with Crippen LogP contribution in [0.1, 0.15) is 12.5 Å². The summed E-state index contributed by atoms with van der Waals surface area (Å²) in [4.78, 5) is 12.6. The second kappa shape index (κ2) is 8.65. The maximum absolute atomic E-state index is 12.6. The Morgan fingerprint density at radius 1 is 1.38 bits per heavy atom. The topological polar surface area (TPSA) is 92.3 Å². The molecule has 26 heavy (non-hydrogen) atoms. The van der Waals surface area contributed by atoms with Gasteiger partial charge in [-0.2, -0.15) is 0 Å². The summed E-state index contributed by atoms with van der Waals surface area (Å²) in [5.41, 5.74) is 1.43. The van der Waals surface area contributed by atoms with E-state index in [1.165, 1.54) is 30.0 Å². The minimum Gasteiger partial charge on any atom is -0.299 e. The van der Waals surface area contributed by atoms with Gasteiger partial charge in [0.15, 0.2) is 4.34 Å². The van der Waals surface area contributed by atoms with Gasteiger partial charge in [-0.25, -0.2) is 8.42 Å². The second-order valence-corrected chi connectivity index (χ2v) is 9.64. The molecule has 0 bridgehead atoms. The van der Waals surface area contributed by atoms with Gasteiger partial charge in [0, 0.05) is 5.75 Å². The van der Waals surface area contributed by atoms with Gasteiger partial charge in [0.25, 0.3) is 0 Å². The highest BCUT2D eigenvalue weighted by atomic mass is 32.2. The molecule has 0 aliphatic heterocycles. The highest BCUT2D eigenvalue weighted by Gasteiger charge is 2.29. The van der Waals surface area contributed by atoms with Crippen LogP contribution in [0.15, 0.2) is 41.3 Å². The van der Waals surface area contributed by atoms with E-state index in [1.807, 2.05) is 6.92 Å². The Hall–Kier alpha value is -1.91. The monoisotopic (exact) mass is 412 g/mol. The normalized spacial score (nSPS) is 12.4. The number of benzene rings is 1. The van der Waals surface area contributed by atoms with Crippen molar-refractivity contribution in [3.05, 3.63) is 42.5 Å². The zero-order valence-corrected chi connectivity index (χ0v) is 17.1. The summed E-state index contributed by atoms with van der Waals surface area (Å²) in [6, 6.07) is 6.00. The van der Waals surface area contributed by atoms with E-state index in [2.05, 4.69) is 22.1 Å². The van der Waals surface area contributed by atoms with E-state index in [-0.39, 0.29) is 0 Å². The van der Waals surface area contributed by atoms with Gasteiger partial charge in [0.05, 0.1) is 11.9 Å². The summed E-state index contributed by atoms with van der Waals surface area (Å²) in [5.74, 6) is 0.210. The van der Waals surface area contributed by atoms with Crippen LogP contribution in [-0.4, -0.2) is 42.6 Å². The number of nitrogens with zero attached hydrogens (tertiary/aromatic N) is 3. The maximum Gasteiger partial charge on any atom is 0.249 e. The fraction of sp³-hybridized carbons (Fsp3) is 0.312. The molecule has 1 heterocycles. The molecule has 1 N–H and O–H groups in total. The van der Waals surface area contributed by atoms with Crippen molar-refractivity contribution in [1.29, 1.82) is 0 Å². The molecule has 140 valence electrons. The predicted octanol–water partition coefficient (Wildman–Crippen LogP) is 2.92. The fourth-order valence-electron chi connectivity index (χ4n) is 2.16. The molecule has 0 fully saturated rings. The largest absolute Gasteiger partial charge is 0.299 e. The summed E-state index contributed by atoms with van der Waals surface area (Å²) in [7, 11) is -3.65. The number of rotatable bonds is 8. The summed E-state index contributed by atoms with van der Waals surface area (Å²) in [5, 5.41) is 10.8. The SMILES string of the molecule is C=CCSc1nnc(NC(=O)C(C)N(c2ccc(C)cc2)S(C)(=O)=O)s1. The van der Waals surface area contributed by atoms with Crippen molar-refractivity contribution >= 4 is 49.8 Å². The second-order valence-electron chi connectivity index (χ2n) is 5.53. The van der Waals surface area contributed by atoms with Gasteiger partial charge in [0.2, 0.25) is 21.1 Å². The third-order valence-corrected chi connectivity index (χ3v) is 6.55. The first-order valence-corrected chi connectivity index (χ1v) is 11.3. The molecule has 7 nitrogen and oxygen atoms in total. The van der Waals surface area contributed by atoms with E-state index in [0.29, 0.717) is 20.9 Å². The molecular weight excluding hydrogens is 392 g/mol. The van der Waals surface area contributed by atoms with Crippen LogP contribution in [0.5, 0.6) is 0 Å². The average Bonchev–Trinajstić information content (AvgIpc) is 3.01. The van der Waals surface area contributed by atoms with Gasteiger partial charge >= 0.3 is 0 Å². The average molecular weight is 413 g/mol. The van der Waals surface area contributed by atoms with Gasteiger partial charge in [-0.05, 0) is 26.0 Å². The van der Waals surface area contributed by atoms with Gasteiger partial charge < -0.3 is 0 Å². The Morgan fingerprint density at radius 2 is 2.04 bits per heavy atom. The molecule has 1 aromatic carbocycles. The summed E-state index contributed by atoms with van der Waals surface area (Å²) < 4.78 is 26.3. The first-order chi connectivity index (χ1) is 12.2. The number of aromatic nitrogens is 2. The van der Waals surface area contributed by atoms with Crippen molar-refractivity contribution in [1.82, 2.24) is 10.2 Å². The first-order valence-electron chi connectivity index (χ1n) is 7.66. The van der Waals surface area contributed by atoms with Crippen LogP contribution >= 0.6 is 23.1 Å². The molecule has 1 atom stereocenters. The number of hydrogen-bond donors (Lipinski definition) is 1. The van der Waals surface area contributed by atoms with Crippen molar-refractivity contribution in [3.63, 3.8) is 0 Å². The van der Waals surface area contributed by atoms with Crippen LogP contribution in [0, 0.1) is 6.92 Å². The van der Waals surface area contributed by atoms with Crippen LogP contribution < -0.4 is 9.62 Å². The molecule has 2 aromatic rings. The lowest BCUT2D eigenvalue weighted by atomic mass is 10.2. The van der Waals surface area contributed by atoms with Crippen LogP contribution in [-0.2, 0) is 14.8 Å². The highest BCUT2D eigenvalue weighted by molar-refractivity contribution is 8.01. The van der Waals surface area contributed by atoms with Gasteiger partial charge in [-0.15, -0.1) is 16.8 Å². The number of nitrogens with one attached hydrogen (secondary N) is 1. The Labute approximate surface area is 161 Å². The standard InChI is InChI=1S/C16H20N4O3S3/c1-5-10-24-16-19-18-15(25-16)17-14(21)12(3)20(26(4,22)23)13-8-6-11(2)7-9-13/h5-9,12H,1,10H2,2-4H3,(H,17,18,21). The molecule has 10 heteroatoms. The van der Waals surface area contributed by atoms with Crippen LogP contribution in [0.3, 0.4) is 0 Å². The van der Waals surface area contributed by atoms with Gasteiger partial charge in [-0.3, -0.25) is 14.4 Å². The Bertz CT molecular complexity index is 878. The zero-order valence-electron chi connectivity index (χ0n) is 14.7. The van der Waals surface area contributed by atoms with E-state index in [0.717, 1.165) is 16.1 Å². The maximum atomic E-state index is 12.6. The van der Waals surface area contributed by atoms with E-state index >= 15 is 0 Å². The molecule has 0 aliphatic rings. The lowest BCUT2D eigenvalue weighted by Gasteiger charge is -2.27. The number of thioether (sulfide) groups is 1. The molecule has 1 unspecified atom stereocenters. The smallest absolute Gasteiger partial charge is 0.249 e. The number of sulfonamides is 1. The molecule has 0 aliphatic carbocycles. The summed E-state index contributed by atoms with van der Waals surface area (Å²) in [6.45, 7) is 7.07. The minimum absolute atomic E-state index is 0.325. The molecule has 1 amide bonds. The quantitative estimate of drug-likeness (QED) is 0.407. The first kappa shape index (κ1) is 20.4. The Balaban J connectivity index is 2.18. The number of hydrogen-bond acceptors (Lipinski definition) is 7. The molecule has 0 saturated carbocycles. The Kier molecular flexibility index (Phi) is 6.79. The van der Waals surface area contributed by atoms with E-state index < -0.39 is 22.0 Å². The van der Waals surface area contributed by atoms with Crippen LogP contribution in [0.25, 0.3) is 0 Å². The third-order valence-electron chi connectivity index (χ3n) is 3.34. The van der Waals surface area contributed by atoms with Crippen molar-refractivity contribution in [3.8, 4) is 0 Å².